The van der Waals surface area contributed by atoms with Gasteiger partial charge < -0.3 is 15.7 Å². The summed E-state index contributed by atoms with van der Waals surface area (Å²) in [5, 5.41) is 18.1. The summed E-state index contributed by atoms with van der Waals surface area (Å²) in [5.41, 5.74) is 0.612. The number of carbonyl (C=O) groups excluding carboxylic acids is 2. The van der Waals surface area contributed by atoms with Gasteiger partial charge in [-0.2, -0.15) is 11.3 Å². The van der Waals surface area contributed by atoms with E-state index in [0.29, 0.717) is 5.56 Å². The van der Waals surface area contributed by atoms with Gasteiger partial charge in [0.1, 0.15) is 0 Å². The van der Waals surface area contributed by atoms with Crippen molar-refractivity contribution in [1.82, 2.24) is 10.6 Å². The molecule has 1 atom stereocenters. The van der Waals surface area contributed by atoms with Gasteiger partial charge in [-0.15, -0.1) is 0 Å². The molecule has 3 N–H and O–H groups in total. The van der Waals surface area contributed by atoms with Crippen LogP contribution in [-0.2, 0) is 4.79 Å². The molecule has 0 radical (unpaired) electrons. The Kier molecular flexibility index (Phi) is 6.52. The minimum absolute atomic E-state index is 0.0787. The fourth-order valence-electron chi connectivity index (χ4n) is 1.49. The molecule has 0 fully saturated rings. The van der Waals surface area contributed by atoms with Crippen LogP contribution in [0.2, 0.25) is 0 Å². The van der Waals surface area contributed by atoms with Gasteiger partial charge in [0.05, 0.1) is 12.6 Å². The van der Waals surface area contributed by atoms with Crippen LogP contribution in [0.3, 0.4) is 0 Å². The van der Waals surface area contributed by atoms with Crippen molar-refractivity contribution in [3.8, 4) is 0 Å². The van der Waals surface area contributed by atoms with Gasteiger partial charge in [0, 0.05) is 23.9 Å². The van der Waals surface area contributed by atoms with Crippen molar-refractivity contribution in [2.75, 3.05) is 13.2 Å². The van der Waals surface area contributed by atoms with Crippen LogP contribution in [0.1, 0.15) is 30.6 Å². The molecule has 2 amide bonds. The van der Waals surface area contributed by atoms with Crippen molar-refractivity contribution in [2.24, 2.45) is 5.92 Å². The number of carbonyl (C=O) groups is 2. The highest BCUT2D eigenvalue weighted by molar-refractivity contribution is 7.08. The zero-order valence-corrected chi connectivity index (χ0v) is 12.0. The van der Waals surface area contributed by atoms with E-state index >= 15 is 0 Å². The Bertz CT molecular complexity index is 404. The summed E-state index contributed by atoms with van der Waals surface area (Å²) in [6.07, 6.45) is 0.207. The second kappa shape index (κ2) is 7.91. The van der Waals surface area contributed by atoms with Crippen molar-refractivity contribution in [2.45, 2.75) is 26.3 Å². The largest absolute Gasteiger partial charge is 0.394 e. The molecule has 1 aromatic heterocycles. The summed E-state index contributed by atoms with van der Waals surface area (Å²) < 4.78 is 0. The monoisotopic (exact) mass is 284 g/mol. The number of aliphatic hydroxyl groups is 1. The van der Waals surface area contributed by atoms with Crippen molar-refractivity contribution in [3.05, 3.63) is 22.4 Å². The van der Waals surface area contributed by atoms with Gasteiger partial charge >= 0.3 is 0 Å². The van der Waals surface area contributed by atoms with Crippen LogP contribution in [0, 0.1) is 5.92 Å². The smallest absolute Gasteiger partial charge is 0.252 e. The molecule has 1 unspecified atom stereocenters. The van der Waals surface area contributed by atoms with Crippen LogP contribution in [0.25, 0.3) is 0 Å². The Morgan fingerprint density at radius 1 is 1.42 bits per heavy atom. The molecule has 1 aromatic rings. The van der Waals surface area contributed by atoms with Crippen LogP contribution in [-0.4, -0.2) is 36.1 Å². The van der Waals surface area contributed by atoms with Gasteiger partial charge in [-0.3, -0.25) is 9.59 Å². The third kappa shape index (κ3) is 5.40. The molecule has 19 heavy (non-hydrogen) atoms. The fraction of sp³-hybridized carbons (Fsp3) is 0.538. The Labute approximate surface area is 117 Å². The SMILES string of the molecule is CC(C)C(CO)NC(=O)CCNC(=O)c1ccsc1. The second-order valence-electron chi connectivity index (χ2n) is 4.62. The van der Waals surface area contributed by atoms with Crippen LogP contribution >= 0.6 is 11.3 Å². The van der Waals surface area contributed by atoms with Crippen LogP contribution in [0.4, 0.5) is 0 Å². The predicted octanol–water partition coefficient (Wildman–Crippen LogP) is 1.00. The third-order valence-electron chi connectivity index (χ3n) is 2.77. The van der Waals surface area contributed by atoms with Crippen molar-refractivity contribution < 1.29 is 14.7 Å². The molecule has 5 nitrogen and oxygen atoms in total. The van der Waals surface area contributed by atoms with Crippen molar-refractivity contribution >= 4 is 23.2 Å². The van der Waals surface area contributed by atoms with E-state index in [1.54, 1.807) is 11.4 Å². The van der Waals surface area contributed by atoms with Gasteiger partial charge in [-0.25, -0.2) is 0 Å². The molecule has 1 heterocycles. The van der Waals surface area contributed by atoms with E-state index in [9.17, 15) is 9.59 Å². The summed E-state index contributed by atoms with van der Waals surface area (Å²) in [5.74, 6) is -0.163. The number of rotatable bonds is 7. The number of hydrogen-bond donors (Lipinski definition) is 3. The van der Waals surface area contributed by atoms with Crippen molar-refractivity contribution in [3.63, 3.8) is 0 Å². The molecule has 106 valence electrons. The fourth-order valence-corrected chi connectivity index (χ4v) is 2.12. The van der Waals surface area contributed by atoms with Gasteiger partial charge in [0.2, 0.25) is 5.91 Å². The number of nitrogens with one attached hydrogen (secondary N) is 2. The van der Waals surface area contributed by atoms with Crippen molar-refractivity contribution in [1.29, 1.82) is 0 Å². The molecule has 0 saturated carbocycles. The first kappa shape index (κ1) is 15.7. The van der Waals surface area contributed by atoms with Gasteiger partial charge in [-0.1, -0.05) is 13.8 Å². The zero-order chi connectivity index (χ0) is 14.3. The van der Waals surface area contributed by atoms with Crippen LogP contribution in [0.15, 0.2) is 16.8 Å². The van der Waals surface area contributed by atoms with E-state index < -0.39 is 0 Å². The molecule has 0 spiro atoms. The van der Waals surface area contributed by atoms with Crippen LogP contribution in [0.5, 0.6) is 0 Å². The lowest BCUT2D eigenvalue weighted by Gasteiger charge is -2.19. The summed E-state index contributed by atoms with van der Waals surface area (Å²) >= 11 is 1.45. The average Bonchev–Trinajstić information content (AvgIpc) is 2.89. The van der Waals surface area contributed by atoms with Gasteiger partial charge in [0.25, 0.3) is 5.91 Å². The number of aliphatic hydroxyl groups excluding tert-OH is 1. The maximum absolute atomic E-state index is 11.6. The molecule has 0 aliphatic rings. The molecule has 0 aromatic carbocycles. The van der Waals surface area contributed by atoms with E-state index in [4.69, 9.17) is 5.11 Å². The lowest BCUT2D eigenvalue weighted by Crippen LogP contribution is -2.42. The highest BCUT2D eigenvalue weighted by Crippen LogP contribution is 2.05. The quantitative estimate of drug-likeness (QED) is 0.699. The molecular weight excluding hydrogens is 264 g/mol. The highest BCUT2D eigenvalue weighted by atomic mass is 32.1. The van der Waals surface area contributed by atoms with Crippen LogP contribution < -0.4 is 10.6 Å². The summed E-state index contributed by atoms with van der Waals surface area (Å²) in [4.78, 5) is 23.2. The standard InChI is InChI=1S/C13H20N2O3S/c1-9(2)11(7-16)15-12(17)3-5-14-13(18)10-4-6-19-8-10/h4,6,8-9,11,16H,3,5,7H2,1-2H3,(H,14,18)(H,15,17). The zero-order valence-electron chi connectivity index (χ0n) is 11.2. The Morgan fingerprint density at radius 2 is 2.16 bits per heavy atom. The Morgan fingerprint density at radius 3 is 2.68 bits per heavy atom. The molecule has 0 aliphatic heterocycles. The topological polar surface area (TPSA) is 78.4 Å². The van der Waals surface area contributed by atoms with E-state index in [-0.39, 0.29) is 43.3 Å². The first-order valence-corrected chi connectivity index (χ1v) is 7.19. The number of thiophene rings is 1. The Hall–Kier alpha value is -1.40. The molecule has 0 bridgehead atoms. The van der Waals surface area contributed by atoms with Gasteiger partial charge in [-0.05, 0) is 17.4 Å². The van der Waals surface area contributed by atoms with E-state index in [1.807, 2.05) is 19.2 Å². The lowest BCUT2D eigenvalue weighted by molar-refractivity contribution is -0.122. The summed E-state index contributed by atoms with van der Waals surface area (Å²) in [6, 6.07) is 1.50. The molecular formula is C13H20N2O3S. The average molecular weight is 284 g/mol. The first-order chi connectivity index (χ1) is 9.04. The normalized spacial score (nSPS) is 12.2. The van der Waals surface area contributed by atoms with E-state index in [1.165, 1.54) is 11.3 Å². The lowest BCUT2D eigenvalue weighted by atomic mass is 10.1. The molecule has 6 heteroatoms. The minimum atomic E-state index is -0.236. The minimum Gasteiger partial charge on any atom is -0.394 e. The maximum Gasteiger partial charge on any atom is 0.252 e. The summed E-state index contributed by atoms with van der Waals surface area (Å²) in [7, 11) is 0. The summed E-state index contributed by atoms with van der Waals surface area (Å²) in [6.45, 7) is 4.07. The van der Waals surface area contributed by atoms with Gasteiger partial charge in [0.15, 0.2) is 0 Å². The third-order valence-corrected chi connectivity index (χ3v) is 3.45. The Balaban J connectivity index is 2.25. The molecule has 0 saturated heterocycles. The molecule has 0 aliphatic carbocycles. The van der Waals surface area contributed by atoms with E-state index in [0.717, 1.165) is 0 Å². The maximum atomic E-state index is 11.6. The molecule has 1 rings (SSSR count). The number of amides is 2. The first-order valence-electron chi connectivity index (χ1n) is 6.25. The number of hydrogen-bond acceptors (Lipinski definition) is 4. The highest BCUT2D eigenvalue weighted by Gasteiger charge is 2.15. The second-order valence-corrected chi connectivity index (χ2v) is 5.40. The van der Waals surface area contributed by atoms with E-state index in [2.05, 4.69) is 10.6 Å². The predicted molar refractivity (Wildman–Crippen MR) is 75.1 cm³/mol.